The van der Waals surface area contributed by atoms with E-state index in [-0.39, 0.29) is 11.9 Å². The van der Waals surface area contributed by atoms with E-state index in [1.165, 1.54) is 0 Å². The summed E-state index contributed by atoms with van der Waals surface area (Å²) in [6, 6.07) is 11.8. The van der Waals surface area contributed by atoms with Crippen LogP contribution < -0.4 is 5.32 Å². The molecule has 0 fully saturated rings. The first-order valence-electron chi connectivity index (χ1n) is 6.29. The Morgan fingerprint density at radius 3 is 2.53 bits per heavy atom. The van der Waals surface area contributed by atoms with Gasteiger partial charge in [-0.1, -0.05) is 35.0 Å². The van der Waals surface area contributed by atoms with Gasteiger partial charge in [-0.25, -0.2) is 0 Å². The molecule has 0 spiro atoms. The van der Waals surface area contributed by atoms with Crippen LogP contribution >= 0.6 is 15.9 Å². The molecule has 0 saturated heterocycles. The summed E-state index contributed by atoms with van der Waals surface area (Å²) in [5.74, 6) is -0.0396. The Labute approximate surface area is 121 Å². The first kappa shape index (κ1) is 13.9. The van der Waals surface area contributed by atoms with Gasteiger partial charge in [0.15, 0.2) is 0 Å². The lowest BCUT2D eigenvalue weighted by molar-refractivity contribution is 0.0927. The monoisotopic (exact) mass is 320 g/mol. The van der Waals surface area contributed by atoms with Gasteiger partial charge in [0.1, 0.15) is 5.69 Å². The fraction of sp³-hybridized carbons (Fsp3) is 0.267. The Balaban J connectivity index is 2.13. The maximum atomic E-state index is 12.2. The Morgan fingerprint density at radius 1 is 1.32 bits per heavy atom. The highest BCUT2D eigenvalue weighted by Gasteiger charge is 2.15. The Kier molecular flexibility index (Phi) is 4.43. The van der Waals surface area contributed by atoms with Crippen LogP contribution in [0, 0.1) is 0 Å². The van der Waals surface area contributed by atoms with E-state index >= 15 is 0 Å². The lowest BCUT2D eigenvalue weighted by Crippen LogP contribution is -2.29. The van der Waals surface area contributed by atoms with Crippen LogP contribution in [0.3, 0.4) is 0 Å². The van der Waals surface area contributed by atoms with E-state index in [4.69, 9.17) is 0 Å². The van der Waals surface area contributed by atoms with Gasteiger partial charge >= 0.3 is 0 Å². The van der Waals surface area contributed by atoms with Gasteiger partial charge in [0.25, 0.3) is 5.91 Å². The molecule has 0 radical (unpaired) electrons. The molecule has 4 heteroatoms. The van der Waals surface area contributed by atoms with Gasteiger partial charge in [0.05, 0.1) is 6.04 Å². The smallest absolute Gasteiger partial charge is 0.268 e. The van der Waals surface area contributed by atoms with E-state index in [0.717, 1.165) is 16.5 Å². The molecule has 1 unspecified atom stereocenters. The molecule has 100 valence electrons. The zero-order valence-corrected chi connectivity index (χ0v) is 12.6. The van der Waals surface area contributed by atoms with Gasteiger partial charge in [0.2, 0.25) is 0 Å². The molecule has 0 aliphatic heterocycles. The second kappa shape index (κ2) is 6.06. The summed E-state index contributed by atoms with van der Waals surface area (Å²) in [7, 11) is 1.87. The highest BCUT2D eigenvalue weighted by molar-refractivity contribution is 9.10. The van der Waals surface area contributed by atoms with Crippen LogP contribution in [-0.2, 0) is 7.05 Å². The van der Waals surface area contributed by atoms with Crippen molar-refractivity contribution in [3.05, 3.63) is 58.3 Å². The van der Waals surface area contributed by atoms with Gasteiger partial charge in [-0.05, 0) is 36.2 Å². The van der Waals surface area contributed by atoms with E-state index in [9.17, 15) is 4.79 Å². The summed E-state index contributed by atoms with van der Waals surface area (Å²) in [6.07, 6.45) is 2.73. The number of benzene rings is 1. The number of nitrogens with zero attached hydrogens (tertiary/aromatic N) is 1. The van der Waals surface area contributed by atoms with E-state index in [1.807, 2.05) is 54.2 Å². The summed E-state index contributed by atoms with van der Waals surface area (Å²) in [4.78, 5) is 12.2. The van der Waals surface area contributed by atoms with Crippen molar-refractivity contribution in [3.63, 3.8) is 0 Å². The molecule has 1 amide bonds. The number of aromatic nitrogens is 1. The average molecular weight is 321 g/mol. The third-order valence-corrected chi connectivity index (χ3v) is 3.69. The number of carbonyl (C=O) groups is 1. The molecule has 3 nitrogen and oxygen atoms in total. The number of hydrogen-bond acceptors (Lipinski definition) is 1. The zero-order valence-electron chi connectivity index (χ0n) is 11.1. The van der Waals surface area contributed by atoms with Crippen molar-refractivity contribution in [1.82, 2.24) is 9.88 Å². The van der Waals surface area contributed by atoms with E-state index in [1.54, 1.807) is 0 Å². The molecule has 1 aromatic heterocycles. The van der Waals surface area contributed by atoms with Crippen LogP contribution in [0.5, 0.6) is 0 Å². The third kappa shape index (κ3) is 3.26. The predicted molar refractivity (Wildman–Crippen MR) is 80.1 cm³/mol. The normalized spacial score (nSPS) is 12.2. The fourth-order valence-electron chi connectivity index (χ4n) is 2.05. The van der Waals surface area contributed by atoms with Crippen LogP contribution in [0.25, 0.3) is 0 Å². The molecular weight excluding hydrogens is 304 g/mol. The van der Waals surface area contributed by atoms with Crippen molar-refractivity contribution >= 4 is 21.8 Å². The average Bonchev–Trinajstić information content (AvgIpc) is 2.83. The molecule has 1 aromatic carbocycles. The van der Waals surface area contributed by atoms with Crippen molar-refractivity contribution in [2.75, 3.05) is 0 Å². The Hall–Kier alpha value is -1.55. The molecular formula is C15H17BrN2O. The number of amides is 1. The quantitative estimate of drug-likeness (QED) is 0.916. The summed E-state index contributed by atoms with van der Waals surface area (Å²) >= 11 is 3.42. The van der Waals surface area contributed by atoms with Crippen molar-refractivity contribution in [1.29, 1.82) is 0 Å². The minimum Gasteiger partial charge on any atom is -0.347 e. The van der Waals surface area contributed by atoms with E-state index in [0.29, 0.717) is 5.69 Å². The van der Waals surface area contributed by atoms with Crippen LogP contribution in [0.4, 0.5) is 0 Å². The summed E-state index contributed by atoms with van der Waals surface area (Å²) in [6.45, 7) is 2.07. The maximum absolute atomic E-state index is 12.2. The van der Waals surface area contributed by atoms with E-state index in [2.05, 4.69) is 28.2 Å². The van der Waals surface area contributed by atoms with Crippen molar-refractivity contribution in [3.8, 4) is 0 Å². The van der Waals surface area contributed by atoms with E-state index < -0.39 is 0 Å². The van der Waals surface area contributed by atoms with Crippen molar-refractivity contribution in [2.45, 2.75) is 19.4 Å². The molecule has 1 atom stereocenters. The van der Waals surface area contributed by atoms with Crippen molar-refractivity contribution < 1.29 is 4.79 Å². The third-order valence-electron chi connectivity index (χ3n) is 3.16. The summed E-state index contributed by atoms with van der Waals surface area (Å²) in [5, 5.41) is 3.07. The van der Waals surface area contributed by atoms with Gasteiger partial charge in [0, 0.05) is 17.7 Å². The standard InChI is InChI=1S/C15H17BrN2O/c1-3-13(11-6-8-12(16)9-7-11)17-15(19)14-5-4-10-18(14)2/h4-10,13H,3H2,1-2H3,(H,17,19). The fourth-order valence-corrected chi connectivity index (χ4v) is 2.31. The molecule has 0 saturated carbocycles. The summed E-state index contributed by atoms with van der Waals surface area (Å²) < 4.78 is 2.86. The topological polar surface area (TPSA) is 34.0 Å². The Bertz CT molecular complexity index is 560. The minimum absolute atomic E-state index is 0.0375. The Morgan fingerprint density at radius 2 is 2.00 bits per heavy atom. The second-order valence-electron chi connectivity index (χ2n) is 4.49. The minimum atomic E-state index is -0.0396. The number of hydrogen-bond donors (Lipinski definition) is 1. The number of nitrogens with one attached hydrogen (secondary N) is 1. The van der Waals surface area contributed by atoms with Crippen LogP contribution in [0.2, 0.25) is 0 Å². The summed E-state index contributed by atoms with van der Waals surface area (Å²) in [5.41, 5.74) is 1.80. The molecule has 2 aromatic rings. The number of carbonyl (C=O) groups excluding carboxylic acids is 1. The second-order valence-corrected chi connectivity index (χ2v) is 5.41. The van der Waals surface area contributed by atoms with Gasteiger partial charge in [-0.3, -0.25) is 4.79 Å². The molecule has 0 aliphatic carbocycles. The highest BCUT2D eigenvalue weighted by Crippen LogP contribution is 2.20. The molecule has 0 bridgehead atoms. The lowest BCUT2D eigenvalue weighted by Gasteiger charge is -2.17. The van der Waals surface area contributed by atoms with Gasteiger partial charge < -0.3 is 9.88 Å². The molecule has 0 aliphatic rings. The lowest BCUT2D eigenvalue weighted by atomic mass is 10.0. The number of rotatable bonds is 4. The van der Waals surface area contributed by atoms with Gasteiger partial charge in [-0.2, -0.15) is 0 Å². The first-order valence-corrected chi connectivity index (χ1v) is 7.08. The van der Waals surface area contributed by atoms with Gasteiger partial charge in [-0.15, -0.1) is 0 Å². The van der Waals surface area contributed by atoms with Crippen LogP contribution in [0.15, 0.2) is 47.1 Å². The number of aryl methyl sites for hydroxylation is 1. The van der Waals surface area contributed by atoms with Crippen molar-refractivity contribution in [2.24, 2.45) is 7.05 Å². The molecule has 1 N–H and O–H groups in total. The molecule has 1 heterocycles. The largest absolute Gasteiger partial charge is 0.347 e. The maximum Gasteiger partial charge on any atom is 0.268 e. The SMILES string of the molecule is CCC(NC(=O)c1cccn1C)c1ccc(Br)cc1. The van der Waals surface area contributed by atoms with Crippen LogP contribution in [0.1, 0.15) is 35.4 Å². The number of halogens is 1. The molecule has 2 rings (SSSR count). The molecule has 19 heavy (non-hydrogen) atoms. The predicted octanol–water partition coefficient (Wildman–Crippen LogP) is 3.67. The first-order chi connectivity index (χ1) is 9.11. The van der Waals surface area contributed by atoms with Crippen LogP contribution in [-0.4, -0.2) is 10.5 Å². The zero-order chi connectivity index (χ0) is 13.8. The highest BCUT2D eigenvalue weighted by atomic mass is 79.9.